The molecule has 0 bridgehead atoms. The fourth-order valence-electron chi connectivity index (χ4n) is 8.35. The van der Waals surface area contributed by atoms with Gasteiger partial charge >= 0.3 is 17.9 Å². The molecule has 0 spiro atoms. The number of quaternary nitrogens is 1. The Bertz CT molecular complexity index is 1920. The minimum absolute atomic E-state index is 0.174. The van der Waals surface area contributed by atoms with Gasteiger partial charge in [-0.05, 0) is 122 Å². The molecule has 0 saturated heterocycles. The van der Waals surface area contributed by atoms with Gasteiger partial charge in [-0.15, -0.1) is 0 Å². The van der Waals surface area contributed by atoms with E-state index in [1.165, 1.54) is 70.6 Å². The van der Waals surface area contributed by atoms with Gasteiger partial charge in [-0.1, -0.05) is 255 Å². The molecule has 0 aromatic carbocycles. The number of nitrogens with zero attached hydrogens (tertiary/aromatic N) is 1. The van der Waals surface area contributed by atoms with Gasteiger partial charge in [-0.25, -0.2) is 4.79 Å². The van der Waals surface area contributed by atoms with Gasteiger partial charge in [0.05, 0.1) is 34.4 Å². The molecule has 2 atom stereocenters. The van der Waals surface area contributed by atoms with Crippen molar-refractivity contribution in [3.8, 4) is 0 Å². The molecule has 0 saturated carbocycles. The van der Waals surface area contributed by atoms with E-state index in [0.29, 0.717) is 23.9 Å². The monoisotopic (exact) mass is 1150 g/mol. The maximum absolute atomic E-state index is 12.9. The Morgan fingerprint density at radius 1 is 0.361 bits per heavy atom. The van der Waals surface area contributed by atoms with E-state index >= 15 is 0 Å². The van der Waals surface area contributed by atoms with Crippen molar-refractivity contribution in [2.75, 3.05) is 47.5 Å². The molecule has 1 N–H and O–H groups in total. The first-order valence-electron chi connectivity index (χ1n) is 32.6. The highest BCUT2D eigenvalue weighted by Crippen LogP contribution is 2.15. The van der Waals surface area contributed by atoms with Crippen LogP contribution >= 0.6 is 0 Å². The Morgan fingerprint density at radius 2 is 0.651 bits per heavy atom. The standard InChI is InChI=1S/C74H119NO8/c1-6-8-10-12-14-16-18-20-22-24-26-27-28-29-30-31-32-33-34-35-36-37-38-39-40-41-42-43-44-45-47-49-51-53-55-57-59-61-63-65-72(77)83-70(69-82-74(73(78)79)80-67-66-75(3,4)5)68-81-71(76)64-62-60-58-56-54-52-50-48-46-25-23-21-19-17-15-13-11-9-7-2/h8-11,14-17,20-23,26-27,29-30,32-33,35-36,38-39,46,48,52,54,70,74H,6-7,12-13,18-19,24-25,28,31,34,37,40-45,47,49-51,53,55-69H2,1-5H3/p+1/b10-8-,11-9-,16-14-,17-15-,22-20-,23-21-,27-26-,30-29-,33-32-,36-35-,39-38-,48-46-,54-52-. The van der Waals surface area contributed by atoms with Crippen LogP contribution in [0.15, 0.2) is 158 Å². The summed E-state index contributed by atoms with van der Waals surface area (Å²) < 4.78 is 22.9. The largest absolute Gasteiger partial charge is 0.477 e. The lowest BCUT2D eigenvalue weighted by molar-refractivity contribution is -0.870. The van der Waals surface area contributed by atoms with Gasteiger partial charge in [-0.3, -0.25) is 9.59 Å². The number of allylic oxidation sites excluding steroid dienone is 26. The maximum atomic E-state index is 12.9. The normalized spacial score (nSPS) is 13.8. The Balaban J connectivity index is 4.16. The lowest BCUT2D eigenvalue weighted by Gasteiger charge is -2.25. The lowest BCUT2D eigenvalue weighted by Crippen LogP contribution is -2.40. The molecule has 83 heavy (non-hydrogen) atoms. The summed E-state index contributed by atoms with van der Waals surface area (Å²) in [5.41, 5.74) is 0. The number of ether oxygens (including phenoxy) is 4. The fourth-order valence-corrected chi connectivity index (χ4v) is 8.35. The first-order valence-corrected chi connectivity index (χ1v) is 32.6. The molecule has 0 aromatic rings. The fraction of sp³-hybridized carbons (Fsp3) is 0.608. The molecule has 468 valence electrons. The number of carbonyl (C=O) groups excluding carboxylic acids is 2. The first kappa shape index (κ1) is 77.9. The van der Waals surface area contributed by atoms with E-state index < -0.39 is 24.3 Å². The average molecular weight is 1150 g/mol. The molecule has 0 aliphatic carbocycles. The number of aliphatic carboxylic acids is 1. The molecule has 2 unspecified atom stereocenters. The van der Waals surface area contributed by atoms with Crippen LogP contribution in [0, 0.1) is 0 Å². The van der Waals surface area contributed by atoms with E-state index in [1.54, 1.807) is 0 Å². The van der Waals surface area contributed by atoms with Crippen molar-refractivity contribution < 1.29 is 42.9 Å². The van der Waals surface area contributed by atoms with E-state index in [0.717, 1.165) is 122 Å². The van der Waals surface area contributed by atoms with Crippen LogP contribution in [-0.2, 0) is 33.3 Å². The quantitative estimate of drug-likeness (QED) is 0.0211. The van der Waals surface area contributed by atoms with Crippen LogP contribution in [0.25, 0.3) is 0 Å². The lowest BCUT2D eigenvalue weighted by atomic mass is 10.0. The zero-order valence-corrected chi connectivity index (χ0v) is 53.3. The topological polar surface area (TPSA) is 108 Å². The molecule has 0 heterocycles. The number of carboxylic acids is 1. The molecule has 9 heteroatoms. The molecule has 0 fully saturated rings. The second-order valence-electron chi connectivity index (χ2n) is 22.3. The molecule has 0 rings (SSSR count). The minimum atomic E-state index is -1.53. The van der Waals surface area contributed by atoms with E-state index in [4.69, 9.17) is 18.9 Å². The van der Waals surface area contributed by atoms with Crippen LogP contribution in [0.5, 0.6) is 0 Å². The summed E-state index contributed by atoms with van der Waals surface area (Å²) in [6.07, 6.45) is 90.6. The van der Waals surface area contributed by atoms with Crippen molar-refractivity contribution in [3.05, 3.63) is 158 Å². The van der Waals surface area contributed by atoms with Crippen molar-refractivity contribution in [2.24, 2.45) is 0 Å². The third-order valence-electron chi connectivity index (χ3n) is 13.3. The third kappa shape index (κ3) is 64.3. The van der Waals surface area contributed by atoms with E-state index in [1.807, 2.05) is 21.1 Å². The molecule has 0 aromatic heterocycles. The average Bonchev–Trinajstić information content (AvgIpc) is 3.46. The number of hydrogen-bond donors (Lipinski definition) is 1. The Kier molecular flexibility index (Phi) is 59.1. The van der Waals surface area contributed by atoms with E-state index in [9.17, 15) is 19.5 Å². The molecule has 0 amide bonds. The highest BCUT2D eigenvalue weighted by molar-refractivity contribution is 5.71. The third-order valence-corrected chi connectivity index (χ3v) is 13.3. The van der Waals surface area contributed by atoms with Gasteiger partial charge in [0.25, 0.3) is 6.29 Å². The second-order valence-corrected chi connectivity index (χ2v) is 22.3. The molecule has 0 aliphatic heterocycles. The van der Waals surface area contributed by atoms with E-state index in [2.05, 4.69) is 172 Å². The number of likely N-dealkylation sites (N-methyl/N-ethyl adjacent to an activating group) is 1. The Morgan fingerprint density at radius 3 is 0.976 bits per heavy atom. The Hall–Kier alpha value is -5.09. The Labute approximate surface area is 508 Å². The molecular formula is C74H120NO8+. The smallest absolute Gasteiger partial charge is 0.361 e. The molecule has 0 aliphatic rings. The molecule has 0 radical (unpaired) electrons. The van der Waals surface area contributed by atoms with Gasteiger partial charge in [0.2, 0.25) is 0 Å². The van der Waals surface area contributed by atoms with Crippen LogP contribution in [0.1, 0.15) is 232 Å². The van der Waals surface area contributed by atoms with Crippen molar-refractivity contribution in [2.45, 2.75) is 245 Å². The first-order chi connectivity index (χ1) is 40.6. The highest BCUT2D eigenvalue weighted by Gasteiger charge is 2.25. The predicted octanol–water partition coefficient (Wildman–Crippen LogP) is 20.1. The van der Waals surface area contributed by atoms with Crippen LogP contribution < -0.4 is 0 Å². The number of unbranched alkanes of at least 4 members (excludes halogenated alkanes) is 17. The van der Waals surface area contributed by atoms with Crippen LogP contribution in [0.3, 0.4) is 0 Å². The van der Waals surface area contributed by atoms with E-state index in [-0.39, 0.29) is 38.6 Å². The summed E-state index contributed by atoms with van der Waals surface area (Å²) >= 11 is 0. The number of rotatable bonds is 58. The van der Waals surface area contributed by atoms with Gasteiger partial charge in [0.15, 0.2) is 6.10 Å². The zero-order chi connectivity index (χ0) is 60.5. The summed E-state index contributed by atoms with van der Waals surface area (Å²) in [4.78, 5) is 37.5. The predicted molar refractivity (Wildman–Crippen MR) is 354 cm³/mol. The van der Waals surface area contributed by atoms with Crippen molar-refractivity contribution >= 4 is 17.9 Å². The number of carboxylic acid groups (broad SMARTS) is 1. The molecule has 9 nitrogen and oxygen atoms in total. The van der Waals surface area contributed by atoms with Gasteiger partial charge in [0.1, 0.15) is 13.2 Å². The SMILES string of the molecule is CC/C=C\C/C=C\C/C=C\C/C=C\C/C=C\C/C=C\C/C=C\C/C=C\CCCCCCCCCCCCCCCCC(=O)OC(COC(=O)CCCCC/C=C\C/C=C\C/C=C\C/C=C\C/C=C\CC)COC(OCC[N+](C)(C)C)C(=O)O. The van der Waals surface area contributed by atoms with Crippen molar-refractivity contribution in [1.82, 2.24) is 0 Å². The summed E-state index contributed by atoms with van der Waals surface area (Å²) in [7, 11) is 5.95. The summed E-state index contributed by atoms with van der Waals surface area (Å²) in [6.45, 7) is 4.59. The van der Waals surface area contributed by atoms with Crippen LogP contribution in [-0.4, -0.2) is 87.4 Å². The second kappa shape index (κ2) is 62.9. The van der Waals surface area contributed by atoms with Gasteiger partial charge in [0, 0.05) is 12.8 Å². The number of hydrogen-bond acceptors (Lipinski definition) is 7. The highest BCUT2D eigenvalue weighted by atomic mass is 16.7. The summed E-state index contributed by atoms with van der Waals surface area (Å²) in [6, 6.07) is 0. The minimum Gasteiger partial charge on any atom is -0.477 e. The maximum Gasteiger partial charge on any atom is 0.361 e. The van der Waals surface area contributed by atoms with Crippen LogP contribution in [0.2, 0.25) is 0 Å². The van der Waals surface area contributed by atoms with Gasteiger partial charge in [-0.2, -0.15) is 0 Å². The molecular weight excluding hydrogens is 1030 g/mol. The van der Waals surface area contributed by atoms with Crippen LogP contribution in [0.4, 0.5) is 0 Å². The summed E-state index contributed by atoms with van der Waals surface area (Å²) in [5.74, 6) is -2.06. The van der Waals surface area contributed by atoms with Crippen molar-refractivity contribution in [1.29, 1.82) is 0 Å². The number of carbonyl (C=O) groups is 3. The van der Waals surface area contributed by atoms with Crippen molar-refractivity contribution in [3.63, 3.8) is 0 Å². The van der Waals surface area contributed by atoms with Gasteiger partial charge < -0.3 is 28.5 Å². The zero-order valence-electron chi connectivity index (χ0n) is 53.3. The summed E-state index contributed by atoms with van der Waals surface area (Å²) in [5, 5.41) is 9.72. The number of esters is 2.